The maximum atomic E-state index is 12.2. The normalized spacial score (nSPS) is 19.2. The first kappa shape index (κ1) is 13.5. The third kappa shape index (κ3) is 2.75. The molecule has 1 aromatic heterocycles. The van der Waals surface area contributed by atoms with Crippen LogP contribution in [0.25, 0.3) is 0 Å². The predicted molar refractivity (Wildman–Crippen MR) is 71.6 cm³/mol. The van der Waals surface area contributed by atoms with Crippen LogP contribution in [0.5, 0.6) is 0 Å². The number of ether oxygens (including phenoxy) is 1. The quantitative estimate of drug-likeness (QED) is 0.923. The summed E-state index contributed by atoms with van der Waals surface area (Å²) in [5.41, 5.74) is 1.42. The minimum Gasteiger partial charge on any atom is -0.376 e. The third-order valence-electron chi connectivity index (χ3n) is 3.08. The lowest BCUT2D eigenvalue weighted by Crippen LogP contribution is -2.33. The van der Waals surface area contributed by atoms with Gasteiger partial charge in [-0.2, -0.15) is 5.10 Å². The number of carbonyl (C=O) groups is 1. The maximum Gasteiger partial charge on any atom is 0.270 e. The predicted octanol–water partition coefficient (Wildman–Crippen LogP) is 1.88. The Balaban J connectivity index is 2.03. The number of carbonyl (C=O) groups excluding carboxylic acids is 1. The number of nitrogens with zero attached hydrogens (tertiary/aromatic N) is 2. The van der Waals surface area contributed by atoms with Gasteiger partial charge in [-0.05, 0) is 42.6 Å². The van der Waals surface area contributed by atoms with E-state index in [0.717, 1.165) is 29.6 Å². The van der Waals surface area contributed by atoms with E-state index in [1.54, 1.807) is 4.68 Å². The van der Waals surface area contributed by atoms with Crippen LogP contribution in [0, 0.1) is 6.92 Å². The number of amides is 1. The summed E-state index contributed by atoms with van der Waals surface area (Å²) in [6.07, 6.45) is 2.26. The van der Waals surface area contributed by atoms with Crippen LogP contribution in [0.1, 0.15) is 35.9 Å². The van der Waals surface area contributed by atoms with Crippen molar-refractivity contribution >= 4 is 21.8 Å². The molecule has 1 aliphatic heterocycles. The van der Waals surface area contributed by atoms with E-state index >= 15 is 0 Å². The summed E-state index contributed by atoms with van der Waals surface area (Å²) in [6.45, 7) is 5.90. The van der Waals surface area contributed by atoms with Gasteiger partial charge in [0.15, 0.2) is 0 Å². The molecule has 1 N–H and O–H groups in total. The van der Waals surface area contributed by atoms with Gasteiger partial charge in [0.05, 0.1) is 16.3 Å². The first-order valence-corrected chi connectivity index (χ1v) is 7.05. The first-order valence-electron chi connectivity index (χ1n) is 6.26. The number of aryl methyl sites for hydroxylation is 2. The lowest BCUT2D eigenvalue weighted by Gasteiger charge is -2.11. The molecule has 2 rings (SSSR count). The largest absolute Gasteiger partial charge is 0.376 e. The second-order valence-corrected chi connectivity index (χ2v) is 5.20. The van der Waals surface area contributed by atoms with Crippen LogP contribution in [-0.2, 0) is 11.3 Å². The van der Waals surface area contributed by atoms with Crippen LogP contribution in [0.2, 0.25) is 0 Å². The van der Waals surface area contributed by atoms with E-state index in [9.17, 15) is 4.79 Å². The molecule has 5 nitrogen and oxygen atoms in total. The van der Waals surface area contributed by atoms with Gasteiger partial charge < -0.3 is 10.1 Å². The van der Waals surface area contributed by atoms with Crippen LogP contribution in [-0.4, -0.2) is 34.9 Å². The van der Waals surface area contributed by atoms with Crippen LogP contribution in [0.4, 0.5) is 0 Å². The molecule has 100 valence electrons. The second-order valence-electron chi connectivity index (χ2n) is 4.41. The van der Waals surface area contributed by atoms with Gasteiger partial charge in [-0.3, -0.25) is 9.48 Å². The number of hydrogen-bond acceptors (Lipinski definition) is 3. The zero-order chi connectivity index (χ0) is 13.1. The summed E-state index contributed by atoms with van der Waals surface area (Å²) in [5, 5.41) is 7.22. The molecule has 1 unspecified atom stereocenters. The molecule has 0 aliphatic carbocycles. The molecule has 1 aliphatic rings. The number of aromatic nitrogens is 2. The Kier molecular flexibility index (Phi) is 4.40. The zero-order valence-corrected chi connectivity index (χ0v) is 12.3. The first-order chi connectivity index (χ1) is 8.63. The highest BCUT2D eigenvalue weighted by molar-refractivity contribution is 9.10. The van der Waals surface area contributed by atoms with Crippen molar-refractivity contribution in [3.8, 4) is 0 Å². The van der Waals surface area contributed by atoms with E-state index in [1.165, 1.54) is 0 Å². The fourth-order valence-corrected chi connectivity index (χ4v) is 2.56. The summed E-state index contributed by atoms with van der Waals surface area (Å²) in [5.74, 6) is -0.0974. The molecule has 2 heterocycles. The molecule has 0 radical (unpaired) electrons. The van der Waals surface area contributed by atoms with Crippen molar-refractivity contribution < 1.29 is 9.53 Å². The Bertz CT molecular complexity index is 439. The van der Waals surface area contributed by atoms with Crippen LogP contribution in [0.3, 0.4) is 0 Å². The molecule has 0 spiro atoms. The molecule has 0 saturated carbocycles. The Morgan fingerprint density at radius 1 is 1.67 bits per heavy atom. The molecule has 6 heteroatoms. The summed E-state index contributed by atoms with van der Waals surface area (Å²) < 4.78 is 7.97. The van der Waals surface area contributed by atoms with E-state index in [1.807, 2.05) is 13.8 Å². The van der Waals surface area contributed by atoms with E-state index < -0.39 is 0 Å². The van der Waals surface area contributed by atoms with Gasteiger partial charge in [0, 0.05) is 19.7 Å². The van der Waals surface area contributed by atoms with Crippen LogP contribution in [0.15, 0.2) is 4.47 Å². The molecule has 1 amide bonds. The van der Waals surface area contributed by atoms with Gasteiger partial charge in [-0.1, -0.05) is 0 Å². The zero-order valence-electron chi connectivity index (χ0n) is 10.7. The maximum absolute atomic E-state index is 12.2. The summed E-state index contributed by atoms with van der Waals surface area (Å²) in [7, 11) is 0. The average Bonchev–Trinajstić information content (AvgIpc) is 2.96. The smallest absolute Gasteiger partial charge is 0.270 e. The SMILES string of the molecule is CCn1nc(C)c(Br)c1C(=O)NCC1CCCO1. The van der Waals surface area contributed by atoms with Gasteiger partial charge >= 0.3 is 0 Å². The van der Waals surface area contributed by atoms with Gasteiger partial charge in [0.1, 0.15) is 5.69 Å². The highest BCUT2D eigenvalue weighted by atomic mass is 79.9. The lowest BCUT2D eigenvalue weighted by atomic mass is 10.2. The van der Waals surface area contributed by atoms with Crippen LogP contribution < -0.4 is 5.32 Å². The fraction of sp³-hybridized carbons (Fsp3) is 0.667. The standard InChI is InChI=1S/C12H18BrN3O2/c1-3-16-11(10(13)8(2)15-16)12(17)14-7-9-5-4-6-18-9/h9H,3-7H2,1-2H3,(H,14,17). The van der Waals surface area contributed by atoms with E-state index in [2.05, 4.69) is 26.3 Å². The molecular formula is C12H18BrN3O2. The van der Waals surface area contributed by atoms with Crippen molar-refractivity contribution in [1.29, 1.82) is 0 Å². The number of rotatable bonds is 4. The molecule has 18 heavy (non-hydrogen) atoms. The Hall–Kier alpha value is -0.880. The van der Waals surface area contributed by atoms with E-state index in [-0.39, 0.29) is 12.0 Å². The average molecular weight is 316 g/mol. The lowest BCUT2D eigenvalue weighted by molar-refractivity contribution is 0.0848. The molecular weight excluding hydrogens is 298 g/mol. The Labute approximate surface area is 115 Å². The van der Waals surface area contributed by atoms with Crippen molar-refractivity contribution in [2.75, 3.05) is 13.2 Å². The molecule has 1 atom stereocenters. The molecule has 1 fully saturated rings. The highest BCUT2D eigenvalue weighted by Gasteiger charge is 2.21. The minimum absolute atomic E-state index is 0.0974. The van der Waals surface area contributed by atoms with Crippen molar-refractivity contribution in [1.82, 2.24) is 15.1 Å². The van der Waals surface area contributed by atoms with Crippen LogP contribution >= 0.6 is 15.9 Å². The van der Waals surface area contributed by atoms with E-state index in [0.29, 0.717) is 18.8 Å². The highest BCUT2D eigenvalue weighted by Crippen LogP contribution is 2.21. The van der Waals surface area contributed by atoms with Gasteiger partial charge in [-0.15, -0.1) is 0 Å². The Morgan fingerprint density at radius 3 is 3.06 bits per heavy atom. The second kappa shape index (κ2) is 5.84. The fourth-order valence-electron chi connectivity index (χ4n) is 2.10. The van der Waals surface area contributed by atoms with E-state index in [4.69, 9.17) is 4.74 Å². The number of halogens is 1. The summed E-state index contributed by atoms with van der Waals surface area (Å²) >= 11 is 3.42. The summed E-state index contributed by atoms with van der Waals surface area (Å²) in [4.78, 5) is 12.2. The minimum atomic E-state index is -0.0974. The van der Waals surface area contributed by atoms with Crippen molar-refractivity contribution in [2.45, 2.75) is 39.3 Å². The summed E-state index contributed by atoms with van der Waals surface area (Å²) in [6, 6.07) is 0. The topological polar surface area (TPSA) is 56.2 Å². The van der Waals surface area contributed by atoms with Gasteiger partial charge in [0.2, 0.25) is 0 Å². The van der Waals surface area contributed by atoms with Crippen molar-refractivity contribution in [3.05, 3.63) is 15.9 Å². The number of nitrogens with one attached hydrogen (secondary N) is 1. The molecule has 0 aromatic carbocycles. The van der Waals surface area contributed by atoms with Gasteiger partial charge in [-0.25, -0.2) is 0 Å². The van der Waals surface area contributed by atoms with Gasteiger partial charge in [0.25, 0.3) is 5.91 Å². The number of hydrogen-bond donors (Lipinski definition) is 1. The monoisotopic (exact) mass is 315 g/mol. The molecule has 0 bridgehead atoms. The Morgan fingerprint density at radius 2 is 2.44 bits per heavy atom. The third-order valence-corrected chi connectivity index (χ3v) is 4.03. The van der Waals surface area contributed by atoms with Crippen molar-refractivity contribution in [2.24, 2.45) is 0 Å². The van der Waals surface area contributed by atoms with Crippen molar-refractivity contribution in [3.63, 3.8) is 0 Å². The molecule has 1 aromatic rings. The molecule has 1 saturated heterocycles.